The second-order valence-corrected chi connectivity index (χ2v) is 6.73. The summed E-state index contributed by atoms with van der Waals surface area (Å²) in [6, 6.07) is 8.88. The van der Waals surface area contributed by atoms with E-state index in [-0.39, 0.29) is 17.8 Å². The number of fused-ring (bicyclic) bond motifs is 1. The Hall–Kier alpha value is -2.63. The average Bonchev–Trinajstić information content (AvgIpc) is 3.22. The van der Waals surface area contributed by atoms with E-state index in [4.69, 9.17) is 0 Å². The van der Waals surface area contributed by atoms with Crippen molar-refractivity contribution in [2.24, 2.45) is 0 Å². The maximum Gasteiger partial charge on any atom is 0.251 e. The number of carbonyl (C=O) groups excluding carboxylic acids is 1. The molecule has 5 nitrogen and oxygen atoms in total. The number of nitrogens with one attached hydrogen (secondary N) is 1. The summed E-state index contributed by atoms with van der Waals surface area (Å²) in [5.41, 5.74) is 3.10. The van der Waals surface area contributed by atoms with Gasteiger partial charge in [0.05, 0.1) is 0 Å². The zero-order valence-electron chi connectivity index (χ0n) is 14.2. The van der Waals surface area contributed by atoms with E-state index in [0.29, 0.717) is 24.5 Å². The molecule has 25 heavy (non-hydrogen) atoms. The lowest BCUT2D eigenvalue weighted by molar-refractivity contribution is 0.0940. The Morgan fingerprint density at radius 1 is 1.32 bits per heavy atom. The van der Waals surface area contributed by atoms with Gasteiger partial charge in [0.2, 0.25) is 0 Å². The predicted octanol–water partition coefficient (Wildman–Crippen LogP) is 2.22. The van der Waals surface area contributed by atoms with E-state index in [2.05, 4.69) is 15.2 Å². The molecule has 130 valence electrons. The molecule has 1 N–H and O–H groups in total. The standard InChI is InChI=1S/C19H21FN4O/c1-23-9-6-13-4-5-14(11-17(13)23)19(25)22-15-7-10-24(12-15)18-16(20)3-2-8-21-18/h2-5,8,11,15H,6-7,9-10,12H2,1H3,(H,22,25)/t15-/m1/s1. The first-order valence-electron chi connectivity index (χ1n) is 8.62. The minimum atomic E-state index is -0.323. The molecule has 0 aliphatic carbocycles. The maximum atomic E-state index is 13.9. The van der Waals surface area contributed by atoms with Crippen LogP contribution in [-0.4, -0.2) is 43.6 Å². The van der Waals surface area contributed by atoms with Crippen molar-refractivity contribution in [3.05, 3.63) is 53.5 Å². The third kappa shape index (κ3) is 3.04. The predicted molar refractivity (Wildman–Crippen MR) is 95.7 cm³/mol. The van der Waals surface area contributed by atoms with E-state index >= 15 is 0 Å². The van der Waals surface area contributed by atoms with E-state index in [0.717, 1.165) is 25.1 Å². The van der Waals surface area contributed by atoms with Crippen LogP contribution in [0.3, 0.4) is 0 Å². The van der Waals surface area contributed by atoms with Crippen LogP contribution >= 0.6 is 0 Å². The van der Waals surface area contributed by atoms with Crippen molar-refractivity contribution in [2.75, 3.05) is 36.5 Å². The molecule has 1 fully saturated rings. The van der Waals surface area contributed by atoms with Gasteiger partial charge >= 0.3 is 0 Å². The molecule has 0 saturated carbocycles. The number of hydrogen-bond acceptors (Lipinski definition) is 4. The number of halogens is 1. The monoisotopic (exact) mass is 340 g/mol. The molecule has 2 aliphatic rings. The number of hydrogen-bond donors (Lipinski definition) is 1. The maximum absolute atomic E-state index is 13.9. The number of likely N-dealkylation sites (N-methyl/N-ethyl adjacent to an activating group) is 1. The molecular weight excluding hydrogens is 319 g/mol. The summed E-state index contributed by atoms with van der Waals surface area (Å²) in [6.07, 6.45) is 3.40. The number of benzene rings is 1. The molecule has 1 saturated heterocycles. The number of amides is 1. The number of aromatic nitrogens is 1. The van der Waals surface area contributed by atoms with Crippen LogP contribution in [0.1, 0.15) is 22.3 Å². The summed E-state index contributed by atoms with van der Waals surface area (Å²) in [5, 5.41) is 3.07. The topological polar surface area (TPSA) is 48.5 Å². The SMILES string of the molecule is CN1CCc2ccc(C(=O)N[C@@H]3CCN(c4ncccc4F)C3)cc21. The first-order chi connectivity index (χ1) is 12.1. The summed E-state index contributed by atoms with van der Waals surface area (Å²) >= 11 is 0. The summed E-state index contributed by atoms with van der Waals surface area (Å²) < 4.78 is 13.9. The van der Waals surface area contributed by atoms with E-state index in [9.17, 15) is 9.18 Å². The van der Waals surface area contributed by atoms with Crippen molar-refractivity contribution in [2.45, 2.75) is 18.9 Å². The molecule has 0 bridgehead atoms. The zero-order chi connectivity index (χ0) is 17.4. The molecule has 6 heteroatoms. The minimum absolute atomic E-state index is 0.000102. The van der Waals surface area contributed by atoms with Gasteiger partial charge in [0.1, 0.15) is 0 Å². The molecule has 0 spiro atoms. The van der Waals surface area contributed by atoms with Crippen LogP contribution in [-0.2, 0) is 6.42 Å². The van der Waals surface area contributed by atoms with Crippen LogP contribution in [0, 0.1) is 5.82 Å². The largest absolute Gasteiger partial charge is 0.374 e. The summed E-state index contributed by atoms with van der Waals surface area (Å²) in [4.78, 5) is 20.8. The highest BCUT2D eigenvalue weighted by atomic mass is 19.1. The quantitative estimate of drug-likeness (QED) is 0.931. The highest BCUT2D eigenvalue weighted by Crippen LogP contribution is 2.28. The average molecular weight is 340 g/mol. The van der Waals surface area contributed by atoms with Gasteiger partial charge in [-0.2, -0.15) is 0 Å². The smallest absolute Gasteiger partial charge is 0.251 e. The second kappa shape index (κ2) is 6.35. The van der Waals surface area contributed by atoms with E-state index in [1.54, 1.807) is 12.3 Å². The van der Waals surface area contributed by atoms with Gasteiger partial charge < -0.3 is 15.1 Å². The highest BCUT2D eigenvalue weighted by molar-refractivity contribution is 5.95. The molecule has 1 amide bonds. The number of carbonyl (C=O) groups is 1. The number of nitrogens with zero attached hydrogens (tertiary/aromatic N) is 3. The van der Waals surface area contributed by atoms with Crippen LogP contribution in [0.25, 0.3) is 0 Å². The van der Waals surface area contributed by atoms with Crippen molar-refractivity contribution in [1.82, 2.24) is 10.3 Å². The Kier molecular flexibility index (Phi) is 4.03. The number of pyridine rings is 1. The van der Waals surface area contributed by atoms with E-state index in [1.165, 1.54) is 11.6 Å². The van der Waals surface area contributed by atoms with E-state index < -0.39 is 0 Å². The van der Waals surface area contributed by atoms with Crippen LogP contribution in [0.15, 0.2) is 36.5 Å². The van der Waals surface area contributed by atoms with Gasteiger partial charge in [0.15, 0.2) is 11.6 Å². The summed E-state index contributed by atoms with van der Waals surface area (Å²) in [6.45, 7) is 2.25. The van der Waals surface area contributed by atoms with E-state index in [1.807, 2.05) is 30.1 Å². The van der Waals surface area contributed by atoms with Gasteiger partial charge in [-0.05, 0) is 42.7 Å². The van der Waals surface area contributed by atoms with Crippen LogP contribution < -0.4 is 15.1 Å². The van der Waals surface area contributed by atoms with Gasteiger partial charge in [-0.15, -0.1) is 0 Å². The molecule has 3 heterocycles. The Balaban J connectivity index is 1.42. The number of anilines is 2. The normalized spacial score (nSPS) is 19.2. The Labute approximate surface area is 146 Å². The minimum Gasteiger partial charge on any atom is -0.374 e. The van der Waals surface area contributed by atoms with Crippen LogP contribution in [0.2, 0.25) is 0 Å². The lowest BCUT2D eigenvalue weighted by Crippen LogP contribution is -2.37. The second-order valence-electron chi connectivity index (χ2n) is 6.73. The zero-order valence-corrected chi connectivity index (χ0v) is 14.2. The molecule has 2 aliphatic heterocycles. The lowest BCUT2D eigenvalue weighted by Gasteiger charge is -2.18. The van der Waals surface area contributed by atoms with Crippen molar-refractivity contribution in [1.29, 1.82) is 0 Å². The van der Waals surface area contributed by atoms with Crippen LogP contribution in [0.4, 0.5) is 15.9 Å². The third-order valence-electron chi connectivity index (χ3n) is 5.04. The van der Waals surface area contributed by atoms with Gasteiger partial charge in [0.25, 0.3) is 5.91 Å². The van der Waals surface area contributed by atoms with Crippen molar-refractivity contribution < 1.29 is 9.18 Å². The molecule has 0 unspecified atom stereocenters. The Bertz CT molecular complexity index is 810. The Morgan fingerprint density at radius 3 is 3.04 bits per heavy atom. The molecule has 1 aromatic heterocycles. The third-order valence-corrected chi connectivity index (χ3v) is 5.04. The van der Waals surface area contributed by atoms with Crippen LogP contribution in [0.5, 0.6) is 0 Å². The number of rotatable bonds is 3. The van der Waals surface area contributed by atoms with Crippen molar-refractivity contribution in [3.63, 3.8) is 0 Å². The van der Waals surface area contributed by atoms with Gasteiger partial charge in [-0.1, -0.05) is 6.07 Å². The van der Waals surface area contributed by atoms with Crippen molar-refractivity contribution >= 4 is 17.4 Å². The van der Waals surface area contributed by atoms with Crippen molar-refractivity contribution in [3.8, 4) is 0 Å². The molecule has 0 radical (unpaired) electrons. The Morgan fingerprint density at radius 2 is 2.20 bits per heavy atom. The molecular formula is C19H21FN4O. The lowest BCUT2D eigenvalue weighted by atomic mass is 10.1. The first-order valence-corrected chi connectivity index (χ1v) is 8.62. The summed E-state index contributed by atoms with van der Waals surface area (Å²) in [7, 11) is 2.05. The molecule has 1 atom stereocenters. The highest BCUT2D eigenvalue weighted by Gasteiger charge is 2.27. The fraction of sp³-hybridized carbons (Fsp3) is 0.368. The molecule has 2 aromatic rings. The molecule has 4 rings (SSSR count). The first kappa shape index (κ1) is 15.9. The summed E-state index contributed by atoms with van der Waals surface area (Å²) in [5.74, 6) is -0.0361. The van der Waals surface area contributed by atoms with Gasteiger partial charge in [0, 0.05) is 50.2 Å². The van der Waals surface area contributed by atoms with Gasteiger partial charge in [-0.25, -0.2) is 9.37 Å². The fourth-order valence-electron chi connectivity index (χ4n) is 3.63. The fourth-order valence-corrected chi connectivity index (χ4v) is 3.63. The molecule has 1 aromatic carbocycles. The van der Waals surface area contributed by atoms with Gasteiger partial charge in [-0.3, -0.25) is 4.79 Å².